The molecule has 1 spiro atoms. The summed E-state index contributed by atoms with van der Waals surface area (Å²) < 4.78 is 0. The van der Waals surface area contributed by atoms with Crippen LogP contribution in [0.3, 0.4) is 0 Å². The van der Waals surface area contributed by atoms with Crippen LogP contribution in [0, 0.1) is 11.3 Å². The highest BCUT2D eigenvalue weighted by atomic mass is 16.2. The number of benzene rings is 1. The normalized spacial score (nSPS) is 22.8. The Morgan fingerprint density at radius 1 is 1.29 bits per heavy atom. The summed E-state index contributed by atoms with van der Waals surface area (Å²) in [5, 5.41) is 6.32. The van der Waals surface area contributed by atoms with Crippen molar-refractivity contribution in [3.8, 4) is 0 Å². The maximum absolute atomic E-state index is 12.4. The fourth-order valence-electron chi connectivity index (χ4n) is 3.40. The van der Waals surface area contributed by atoms with E-state index < -0.39 is 5.91 Å². The van der Waals surface area contributed by atoms with Crippen LogP contribution in [-0.2, 0) is 16.0 Å². The number of para-hydroxylation sites is 1. The van der Waals surface area contributed by atoms with Gasteiger partial charge in [-0.3, -0.25) is 9.59 Å². The van der Waals surface area contributed by atoms with Gasteiger partial charge in [0.05, 0.1) is 6.42 Å². The van der Waals surface area contributed by atoms with Gasteiger partial charge in [0, 0.05) is 11.6 Å². The van der Waals surface area contributed by atoms with Crippen LogP contribution in [-0.4, -0.2) is 24.9 Å². The second kappa shape index (κ2) is 5.48. The number of hydrogen-bond acceptors (Lipinski definition) is 3. The Balaban J connectivity index is 1.67. The first-order valence-corrected chi connectivity index (χ1v) is 7.48. The maximum Gasteiger partial charge on any atom is 0.228 e. The Bertz CT molecular complexity index is 564. The number of nitrogens with two attached hydrogens (primary N) is 1. The average molecular weight is 287 g/mol. The van der Waals surface area contributed by atoms with Gasteiger partial charge in [0.1, 0.15) is 0 Å². The molecule has 1 unspecified atom stereocenters. The van der Waals surface area contributed by atoms with Gasteiger partial charge in [-0.05, 0) is 49.4 Å². The highest BCUT2D eigenvalue weighted by molar-refractivity contribution is 5.96. The zero-order valence-electron chi connectivity index (χ0n) is 12.0. The lowest BCUT2D eigenvalue weighted by atomic mass is 9.91. The molecule has 1 atom stereocenters. The molecule has 21 heavy (non-hydrogen) atoms. The van der Waals surface area contributed by atoms with E-state index in [-0.39, 0.29) is 23.7 Å². The summed E-state index contributed by atoms with van der Waals surface area (Å²) in [5.41, 5.74) is 6.95. The SMILES string of the molecule is NC(=O)Cc1ccccc1NC(=O)C1CC12CCNCC2. The Morgan fingerprint density at radius 3 is 2.71 bits per heavy atom. The summed E-state index contributed by atoms with van der Waals surface area (Å²) in [7, 11) is 0. The molecule has 0 bridgehead atoms. The minimum atomic E-state index is -0.391. The maximum atomic E-state index is 12.4. The lowest BCUT2D eigenvalue weighted by Crippen LogP contribution is -2.31. The number of carbonyl (C=O) groups is 2. The molecule has 0 radical (unpaired) electrons. The Kier molecular flexibility index (Phi) is 3.68. The van der Waals surface area contributed by atoms with Gasteiger partial charge < -0.3 is 16.4 Å². The number of anilines is 1. The van der Waals surface area contributed by atoms with E-state index in [9.17, 15) is 9.59 Å². The van der Waals surface area contributed by atoms with Gasteiger partial charge in [0.15, 0.2) is 0 Å². The fourth-order valence-corrected chi connectivity index (χ4v) is 3.40. The first kappa shape index (κ1) is 14.1. The largest absolute Gasteiger partial charge is 0.369 e. The molecule has 1 aromatic carbocycles. The Morgan fingerprint density at radius 2 is 2.00 bits per heavy atom. The number of carbonyl (C=O) groups excluding carboxylic acids is 2. The summed E-state index contributed by atoms with van der Waals surface area (Å²) in [6.07, 6.45) is 3.29. The summed E-state index contributed by atoms with van der Waals surface area (Å²) in [5.74, 6) is -0.201. The monoisotopic (exact) mass is 287 g/mol. The molecule has 112 valence electrons. The molecule has 1 saturated carbocycles. The minimum absolute atomic E-state index is 0.0776. The molecular formula is C16H21N3O2. The first-order valence-electron chi connectivity index (χ1n) is 7.48. The quantitative estimate of drug-likeness (QED) is 0.773. The smallest absolute Gasteiger partial charge is 0.228 e. The molecule has 1 aliphatic heterocycles. The third-order valence-corrected chi connectivity index (χ3v) is 4.75. The topological polar surface area (TPSA) is 84.2 Å². The summed E-state index contributed by atoms with van der Waals surface area (Å²) >= 11 is 0. The van der Waals surface area contributed by atoms with Crippen molar-refractivity contribution < 1.29 is 9.59 Å². The molecule has 4 N–H and O–H groups in total. The summed E-state index contributed by atoms with van der Waals surface area (Å²) in [6.45, 7) is 2.00. The fraction of sp³-hybridized carbons (Fsp3) is 0.500. The van der Waals surface area contributed by atoms with Crippen molar-refractivity contribution in [3.05, 3.63) is 29.8 Å². The van der Waals surface area contributed by atoms with Crippen LogP contribution >= 0.6 is 0 Å². The van der Waals surface area contributed by atoms with Crippen molar-refractivity contribution in [2.45, 2.75) is 25.7 Å². The van der Waals surface area contributed by atoms with Crippen LogP contribution in [0.15, 0.2) is 24.3 Å². The van der Waals surface area contributed by atoms with Gasteiger partial charge in [0.2, 0.25) is 11.8 Å². The van der Waals surface area contributed by atoms with Gasteiger partial charge in [0.25, 0.3) is 0 Å². The molecule has 2 amide bonds. The number of amides is 2. The van der Waals surface area contributed by atoms with Crippen LogP contribution in [0.1, 0.15) is 24.8 Å². The highest BCUT2D eigenvalue weighted by Gasteiger charge is 2.57. The third kappa shape index (κ3) is 2.93. The van der Waals surface area contributed by atoms with E-state index in [1.165, 1.54) is 0 Å². The van der Waals surface area contributed by atoms with Gasteiger partial charge in [-0.2, -0.15) is 0 Å². The summed E-state index contributed by atoms with van der Waals surface area (Å²) in [6, 6.07) is 7.36. The van der Waals surface area contributed by atoms with Gasteiger partial charge >= 0.3 is 0 Å². The van der Waals surface area contributed by atoms with E-state index in [0.717, 1.165) is 37.9 Å². The molecule has 1 heterocycles. The molecule has 0 aromatic heterocycles. The van der Waals surface area contributed by atoms with Crippen molar-refractivity contribution >= 4 is 17.5 Å². The van der Waals surface area contributed by atoms with Crippen LogP contribution in [0.2, 0.25) is 0 Å². The molecule has 1 aliphatic carbocycles. The number of nitrogens with one attached hydrogen (secondary N) is 2. The predicted molar refractivity (Wildman–Crippen MR) is 80.6 cm³/mol. The van der Waals surface area contributed by atoms with Gasteiger partial charge in [-0.25, -0.2) is 0 Å². The second-order valence-electron chi connectivity index (χ2n) is 6.16. The van der Waals surface area contributed by atoms with E-state index in [2.05, 4.69) is 10.6 Å². The molecule has 2 aliphatic rings. The second-order valence-corrected chi connectivity index (χ2v) is 6.16. The van der Waals surface area contributed by atoms with E-state index >= 15 is 0 Å². The summed E-state index contributed by atoms with van der Waals surface area (Å²) in [4.78, 5) is 23.5. The average Bonchev–Trinajstić information content (AvgIpc) is 3.15. The van der Waals surface area contributed by atoms with Crippen LogP contribution < -0.4 is 16.4 Å². The lowest BCUT2D eigenvalue weighted by molar-refractivity contribution is -0.119. The standard InChI is InChI=1S/C16H21N3O2/c17-14(20)9-11-3-1-2-4-13(11)19-15(21)12-10-16(12)5-7-18-8-6-16/h1-4,12,18H,5-10H2,(H2,17,20)(H,19,21). The predicted octanol–water partition coefficient (Wildman–Crippen LogP) is 1.04. The molecule has 1 saturated heterocycles. The Labute approximate surface area is 124 Å². The van der Waals surface area contributed by atoms with Crippen molar-refractivity contribution in [2.24, 2.45) is 17.1 Å². The molecule has 3 rings (SSSR count). The molecule has 5 nitrogen and oxygen atoms in total. The first-order chi connectivity index (χ1) is 10.1. The van der Waals surface area contributed by atoms with Crippen LogP contribution in [0.5, 0.6) is 0 Å². The lowest BCUT2D eigenvalue weighted by Gasteiger charge is -2.23. The van der Waals surface area contributed by atoms with Crippen molar-refractivity contribution in [1.29, 1.82) is 0 Å². The third-order valence-electron chi connectivity index (χ3n) is 4.75. The molecule has 2 fully saturated rings. The van der Waals surface area contributed by atoms with Crippen molar-refractivity contribution in [3.63, 3.8) is 0 Å². The van der Waals surface area contributed by atoms with E-state index in [1.807, 2.05) is 24.3 Å². The van der Waals surface area contributed by atoms with E-state index in [0.29, 0.717) is 5.69 Å². The zero-order chi connectivity index (χ0) is 14.9. The number of rotatable bonds is 4. The van der Waals surface area contributed by atoms with E-state index in [1.54, 1.807) is 0 Å². The van der Waals surface area contributed by atoms with E-state index in [4.69, 9.17) is 5.73 Å². The number of primary amides is 1. The van der Waals surface area contributed by atoms with Crippen LogP contribution in [0.25, 0.3) is 0 Å². The zero-order valence-corrected chi connectivity index (χ0v) is 12.0. The molecule has 1 aromatic rings. The van der Waals surface area contributed by atoms with Crippen molar-refractivity contribution in [2.75, 3.05) is 18.4 Å². The molecule has 5 heteroatoms. The highest BCUT2D eigenvalue weighted by Crippen LogP contribution is 2.58. The number of piperidine rings is 1. The van der Waals surface area contributed by atoms with Crippen molar-refractivity contribution in [1.82, 2.24) is 5.32 Å². The molecular weight excluding hydrogens is 266 g/mol. The Hall–Kier alpha value is -1.88. The van der Waals surface area contributed by atoms with Crippen LogP contribution in [0.4, 0.5) is 5.69 Å². The van der Waals surface area contributed by atoms with Gasteiger partial charge in [-0.15, -0.1) is 0 Å². The van der Waals surface area contributed by atoms with Gasteiger partial charge in [-0.1, -0.05) is 18.2 Å². The minimum Gasteiger partial charge on any atom is -0.369 e. The number of hydrogen-bond donors (Lipinski definition) is 3.